The number of halogens is 4. The highest BCUT2D eigenvalue weighted by Gasteiger charge is 2.11. The quantitative estimate of drug-likeness (QED) is 0.497. The van der Waals surface area contributed by atoms with Crippen molar-refractivity contribution in [2.75, 3.05) is 7.11 Å². The summed E-state index contributed by atoms with van der Waals surface area (Å²) in [6.45, 7) is 0.302. The van der Waals surface area contributed by atoms with Crippen molar-refractivity contribution in [2.45, 2.75) is 19.4 Å². The monoisotopic (exact) mass is 450 g/mol. The lowest BCUT2D eigenvalue weighted by atomic mass is 10.1. The van der Waals surface area contributed by atoms with E-state index in [1.165, 1.54) is 7.11 Å². The third kappa shape index (κ3) is 5.28. The number of carbonyl (C=O) groups excluding carboxylic acids is 1. The van der Waals surface area contributed by atoms with Gasteiger partial charge < -0.3 is 9.47 Å². The number of benzene rings is 2. The van der Waals surface area contributed by atoms with Gasteiger partial charge in [-0.15, -0.1) is 0 Å². The lowest BCUT2D eigenvalue weighted by Crippen LogP contribution is -2.02. The first-order valence-electron chi connectivity index (χ1n) is 7.02. The minimum Gasteiger partial charge on any atom is -0.486 e. The normalized spacial score (nSPS) is 10.5. The number of hydrogen-bond donors (Lipinski definition) is 0. The summed E-state index contributed by atoms with van der Waals surface area (Å²) in [7, 11) is 1.37. The van der Waals surface area contributed by atoms with Crippen LogP contribution in [-0.2, 0) is 22.6 Å². The summed E-state index contributed by atoms with van der Waals surface area (Å²) >= 11 is 21.6. The molecule has 0 aliphatic heterocycles. The van der Waals surface area contributed by atoms with Gasteiger partial charge in [-0.3, -0.25) is 4.79 Å². The maximum atomic E-state index is 11.2. The van der Waals surface area contributed by atoms with Gasteiger partial charge in [-0.1, -0.05) is 40.9 Å². The van der Waals surface area contributed by atoms with Crippen LogP contribution in [0.1, 0.15) is 17.5 Å². The van der Waals surface area contributed by atoms with Crippen LogP contribution in [0.5, 0.6) is 5.75 Å². The molecule has 2 aromatic rings. The zero-order chi connectivity index (χ0) is 17.7. The van der Waals surface area contributed by atoms with Gasteiger partial charge in [0.1, 0.15) is 6.61 Å². The Morgan fingerprint density at radius 3 is 2.38 bits per heavy atom. The Bertz CT molecular complexity index is 727. The highest BCUT2D eigenvalue weighted by Crippen LogP contribution is 2.35. The Balaban J connectivity index is 2.07. The van der Waals surface area contributed by atoms with Crippen LogP contribution in [0, 0.1) is 0 Å². The van der Waals surface area contributed by atoms with Gasteiger partial charge in [0.2, 0.25) is 0 Å². The smallest absolute Gasteiger partial charge is 0.305 e. The largest absolute Gasteiger partial charge is 0.486 e. The predicted octanol–water partition coefficient (Wildman–Crippen LogP) is 6.09. The summed E-state index contributed by atoms with van der Waals surface area (Å²) in [5, 5.41) is 1.43. The molecular weight excluding hydrogens is 438 g/mol. The number of esters is 1. The second-order valence-electron chi connectivity index (χ2n) is 5.00. The van der Waals surface area contributed by atoms with E-state index in [0.29, 0.717) is 40.3 Å². The Kier molecular flexibility index (Phi) is 7.23. The van der Waals surface area contributed by atoms with Crippen LogP contribution in [0.2, 0.25) is 15.1 Å². The number of ether oxygens (including phenoxy) is 2. The fourth-order valence-electron chi connectivity index (χ4n) is 2.03. The summed E-state index contributed by atoms with van der Waals surface area (Å²) in [5.41, 5.74) is 1.79. The molecule has 24 heavy (non-hydrogen) atoms. The van der Waals surface area contributed by atoms with E-state index in [2.05, 4.69) is 20.7 Å². The first kappa shape index (κ1) is 19.4. The molecule has 2 rings (SSSR count). The molecule has 2 aromatic carbocycles. The molecule has 128 valence electrons. The third-order valence-electron chi connectivity index (χ3n) is 3.27. The Morgan fingerprint density at radius 2 is 1.75 bits per heavy atom. The van der Waals surface area contributed by atoms with Crippen molar-refractivity contribution in [3.63, 3.8) is 0 Å². The van der Waals surface area contributed by atoms with Gasteiger partial charge >= 0.3 is 5.97 Å². The molecule has 3 nitrogen and oxygen atoms in total. The van der Waals surface area contributed by atoms with Crippen molar-refractivity contribution < 1.29 is 14.3 Å². The van der Waals surface area contributed by atoms with Crippen LogP contribution in [0.4, 0.5) is 0 Å². The first-order chi connectivity index (χ1) is 11.4. The molecule has 0 aliphatic rings. The Morgan fingerprint density at radius 1 is 1.04 bits per heavy atom. The zero-order valence-electron chi connectivity index (χ0n) is 12.7. The fourth-order valence-corrected chi connectivity index (χ4v) is 3.38. The molecule has 0 spiro atoms. The average molecular weight is 453 g/mol. The number of hydrogen-bond acceptors (Lipinski definition) is 3. The molecule has 0 aromatic heterocycles. The minimum absolute atomic E-state index is 0.262. The van der Waals surface area contributed by atoms with E-state index in [-0.39, 0.29) is 5.97 Å². The molecule has 0 bridgehead atoms. The summed E-state index contributed by atoms with van der Waals surface area (Å²) in [4.78, 5) is 11.2. The Labute approximate surface area is 163 Å². The highest BCUT2D eigenvalue weighted by atomic mass is 79.9. The summed E-state index contributed by atoms with van der Waals surface area (Å²) in [6.07, 6.45) is 0.834. The van der Waals surface area contributed by atoms with E-state index < -0.39 is 0 Å². The molecule has 0 saturated heterocycles. The van der Waals surface area contributed by atoms with Crippen LogP contribution in [0.15, 0.2) is 34.8 Å². The standard InChI is InChI=1S/C17H14BrCl3O3/c1-23-16(22)5-3-10-6-12(18)17(15(21)7-10)24-9-11-2-4-13(19)14(20)8-11/h2,4,6-8H,3,5,9H2,1H3. The minimum atomic E-state index is -0.262. The fraction of sp³-hybridized carbons (Fsp3) is 0.235. The second kappa shape index (κ2) is 8.95. The highest BCUT2D eigenvalue weighted by molar-refractivity contribution is 9.10. The molecule has 0 heterocycles. The Hall–Kier alpha value is -0.940. The van der Waals surface area contributed by atoms with Crippen molar-refractivity contribution >= 4 is 56.7 Å². The van der Waals surface area contributed by atoms with Gasteiger partial charge in [-0.05, 0) is 57.7 Å². The van der Waals surface area contributed by atoms with Gasteiger partial charge in [0.25, 0.3) is 0 Å². The maximum absolute atomic E-state index is 11.2. The molecule has 0 saturated carbocycles. The lowest BCUT2D eigenvalue weighted by Gasteiger charge is -2.12. The number of aryl methyl sites for hydroxylation is 1. The number of carbonyl (C=O) groups is 1. The van der Waals surface area contributed by atoms with Crippen molar-refractivity contribution in [3.05, 3.63) is 61.0 Å². The van der Waals surface area contributed by atoms with Gasteiger partial charge in [0.05, 0.1) is 26.7 Å². The first-order valence-corrected chi connectivity index (χ1v) is 8.95. The molecule has 0 aliphatic carbocycles. The summed E-state index contributed by atoms with van der Waals surface area (Å²) in [6, 6.07) is 8.95. The second-order valence-corrected chi connectivity index (χ2v) is 7.08. The van der Waals surface area contributed by atoms with Crippen LogP contribution in [0.3, 0.4) is 0 Å². The van der Waals surface area contributed by atoms with E-state index in [1.807, 2.05) is 12.1 Å². The third-order valence-corrected chi connectivity index (χ3v) is 4.88. The summed E-state index contributed by atoms with van der Waals surface area (Å²) < 4.78 is 11.1. The molecule has 0 amide bonds. The number of methoxy groups -OCH3 is 1. The van der Waals surface area contributed by atoms with Crippen LogP contribution < -0.4 is 4.74 Å². The zero-order valence-corrected chi connectivity index (χ0v) is 16.6. The van der Waals surface area contributed by atoms with Gasteiger partial charge in [0, 0.05) is 6.42 Å². The molecule has 7 heteroatoms. The van der Waals surface area contributed by atoms with E-state index in [9.17, 15) is 4.79 Å². The topological polar surface area (TPSA) is 35.5 Å². The van der Waals surface area contributed by atoms with Crippen molar-refractivity contribution in [1.82, 2.24) is 0 Å². The van der Waals surface area contributed by atoms with Gasteiger partial charge in [0.15, 0.2) is 5.75 Å². The van der Waals surface area contributed by atoms with Crippen molar-refractivity contribution in [1.29, 1.82) is 0 Å². The van der Waals surface area contributed by atoms with E-state index >= 15 is 0 Å². The van der Waals surface area contributed by atoms with Crippen LogP contribution >= 0.6 is 50.7 Å². The molecule has 0 fully saturated rings. The summed E-state index contributed by atoms with van der Waals surface area (Å²) in [5.74, 6) is 0.270. The van der Waals surface area contributed by atoms with Crippen LogP contribution in [0.25, 0.3) is 0 Å². The predicted molar refractivity (Wildman–Crippen MR) is 100 cm³/mol. The lowest BCUT2D eigenvalue weighted by molar-refractivity contribution is -0.140. The molecule has 0 N–H and O–H groups in total. The van der Waals surface area contributed by atoms with E-state index in [1.54, 1.807) is 18.2 Å². The van der Waals surface area contributed by atoms with E-state index in [0.717, 1.165) is 15.6 Å². The van der Waals surface area contributed by atoms with Crippen molar-refractivity contribution in [3.8, 4) is 5.75 Å². The van der Waals surface area contributed by atoms with Gasteiger partial charge in [-0.25, -0.2) is 0 Å². The average Bonchev–Trinajstić information content (AvgIpc) is 2.55. The number of rotatable bonds is 6. The van der Waals surface area contributed by atoms with E-state index in [4.69, 9.17) is 39.5 Å². The molecule has 0 atom stereocenters. The molecule has 0 radical (unpaired) electrons. The molecule has 0 unspecified atom stereocenters. The van der Waals surface area contributed by atoms with Gasteiger partial charge in [-0.2, -0.15) is 0 Å². The van der Waals surface area contributed by atoms with Crippen molar-refractivity contribution in [2.24, 2.45) is 0 Å². The van der Waals surface area contributed by atoms with Crippen LogP contribution in [-0.4, -0.2) is 13.1 Å². The maximum Gasteiger partial charge on any atom is 0.305 e. The molecular formula is C17H14BrCl3O3. The SMILES string of the molecule is COC(=O)CCc1cc(Cl)c(OCc2ccc(Cl)c(Cl)c2)c(Br)c1.